The van der Waals surface area contributed by atoms with Gasteiger partial charge in [0.1, 0.15) is 0 Å². The minimum absolute atomic E-state index is 1.00. The quantitative estimate of drug-likeness (QED) is 0.415. The molecule has 5 nitrogen and oxygen atoms in total. The summed E-state index contributed by atoms with van der Waals surface area (Å²) in [7, 11) is -1.33. The minimum atomic E-state index is -1.17. The van der Waals surface area contributed by atoms with Crippen LogP contribution in [0, 0.1) is 0 Å². The van der Waals surface area contributed by atoms with Crippen molar-refractivity contribution >= 4 is 17.4 Å². The molecule has 0 amide bonds. The molecule has 7 heteroatoms. The fourth-order valence-electron chi connectivity index (χ4n) is 0. The molecule has 2 atom stereocenters. The third-order valence-corrected chi connectivity index (χ3v) is 0. The van der Waals surface area contributed by atoms with E-state index in [0.29, 0.717) is 0 Å². The largest absolute Gasteiger partial charge is 0.491 e. The van der Waals surface area contributed by atoms with Gasteiger partial charge in [-0.1, -0.05) is 0 Å². The normalized spacial score (nSPS) is 6.00. The molecule has 0 heterocycles. The molecule has 2 unspecified atom stereocenters. The Balaban J connectivity index is -0.0000000483. The first-order valence-corrected chi connectivity index (χ1v) is 3.01. The maximum absolute atomic E-state index is 8.51. The Morgan fingerprint density at radius 2 is 1.00 bits per heavy atom. The molecular formula is CH8O5P2+2. The van der Waals surface area contributed by atoms with Gasteiger partial charge in [-0.2, -0.15) is 9.79 Å². The molecular weight excluding hydrogens is 154 g/mol. The lowest BCUT2D eigenvalue weighted by molar-refractivity contribution is 0.399. The number of aliphatic hydroxyl groups excluding tert-OH is 1. The van der Waals surface area contributed by atoms with Crippen LogP contribution in [0.15, 0.2) is 0 Å². The van der Waals surface area contributed by atoms with Crippen molar-refractivity contribution in [3.8, 4) is 0 Å². The lowest BCUT2D eigenvalue weighted by Crippen LogP contribution is -1.25. The van der Waals surface area contributed by atoms with Crippen molar-refractivity contribution < 1.29 is 24.0 Å². The summed E-state index contributed by atoms with van der Waals surface area (Å²) in [6, 6.07) is 0. The molecule has 0 bridgehead atoms. The molecule has 0 radical (unpaired) electrons. The minimum Gasteiger partial charge on any atom is -0.400 e. The highest BCUT2D eigenvalue weighted by Gasteiger charge is 1.45. The van der Waals surface area contributed by atoms with Crippen LogP contribution in [0.4, 0.5) is 0 Å². The van der Waals surface area contributed by atoms with E-state index >= 15 is 0 Å². The zero-order valence-corrected chi connectivity index (χ0v) is 6.16. The van der Waals surface area contributed by atoms with Crippen LogP contribution in [0.5, 0.6) is 0 Å². The Hall–Kier alpha value is 0.0800. The topological polar surface area (TPSA) is 94.8 Å². The van der Waals surface area contributed by atoms with Gasteiger partial charge in [-0.25, -0.2) is 0 Å². The average molecular weight is 162 g/mol. The number of hydrogen-bond donors (Lipinski definition) is 3. The molecule has 0 aliphatic heterocycles. The van der Waals surface area contributed by atoms with Gasteiger partial charge in [0.2, 0.25) is 0 Å². The van der Waals surface area contributed by atoms with Crippen LogP contribution in [0.1, 0.15) is 0 Å². The van der Waals surface area contributed by atoms with Crippen LogP contribution in [0.3, 0.4) is 0 Å². The molecule has 0 aromatic heterocycles. The summed E-state index contributed by atoms with van der Waals surface area (Å²) in [6.45, 7) is 0. The van der Waals surface area contributed by atoms with E-state index < -0.39 is 17.4 Å². The summed E-state index contributed by atoms with van der Waals surface area (Å²) in [5.74, 6) is 0. The first kappa shape index (κ1) is 15.7. The average Bonchev–Trinajstić information content (AvgIpc) is 1.75. The standard InChI is InChI=1S/CH4O.2HO2P/c1-2;2*1-3-2/h2H,1H3;2*3H/p+2. The molecule has 0 aromatic rings. The molecule has 0 aliphatic rings. The summed E-state index contributed by atoms with van der Waals surface area (Å²) in [4.78, 5) is 14.1. The second kappa shape index (κ2) is 60.5. The molecule has 0 aliphatic carbocycles. The molecule has 0 aromatic carbocycles. The van der Waals surface area contributed by atoms with Crippen LogP contribution in [0.25, 0.3) is 0 Å². The molecule has 0 saturated carbocycles. The highest BCUT2D eigenvalue weighted by molar-refractivity contribution is 7.16. The van der Waals surface area contributed by atoms with Gasteiger partial charge in [-0.15, -0.1) is 0 Å². The third-order valence-electron chi connectivity index (χ3n) is 0. The molecule has 0 fully saturated rings. The Morgan fingerprint density at radius 1 is 1.00 bits per heavy atom. The lowest BCUT2D eigenvalue weighted by Gasteiger charge is -1.21. The van der Waals surface area contributed by atoms with Crippen LogP contribution in [0.2, 0.25) is 0 Å². The SMILES string of the molecule is CO.O=[PH+]O.O=[PH+]O. The van der Waals surface area contributed by atoms with E-state index in [-0.39, 0.29) is 0 Å². The predicted octanol–water partition coefficient (Wildman–Crippen LogP) is -0.556. The summed E-state index contributed by atoms with van der Waals surface area (Å²) in [5, 5.41) is 7.00. The lowest BCUT2D eigenvalue weighted by atomic mass is 11.8. The van der Waals surface area contributed by atoms with E-state index in [1.54, 1.807) is 0 Å². The smallest absolute Gasteiger partial charge is 0.400 e. The van der Waals surface area contributed by atoms with Gasteiger partial charge in [0.05, 0.1) is 0 Å². The Labute approximate surface area is 49.5 Å². The van der Waals surface area contributed by atoms with E-state index in [4.69, 9.17) is 24.0 Å². The van der Waals surface area contributed by atoms with E-state index in [0.717, 1.165) is 7.11 Å². The third kappa shape index (κ3) is 24500. The van der Waals surface area contributed by atoms with Crippen LogP contribution >= 0.6 is 17.4 Å². The summed E-state index contributed by atoms with van der Waals surface area (Å²) in [5.41, 5.74) is 0. The van der Waals surface area contributed by atoms with Crippen LogP contribution in [-0.2, 0) is 9.13 Å². The second-order valence-electron chi connectivity index (χ2n) is 0.183. The number of rotatable bonds is 0. The van der Waals surface area contributed by atoms with E-state index in [2.05, 4.69) is 0 Å². The van der Waals surface area contributed by atoms with Gasteiger partial charge < -0.3 is 5.11 Å². The molecule has 0 rings (SSSR count). The van der Waals surface area contributed by atoms with Crippen molar-refractivity contribution in [2.45, 2.75) is 0 Å². The number of aliphatic hydroxyl groups is 1. The second-order valence-corrected chi connectivity index (χ2v) is 0.548. The maximum atomic E-state index is 8.51. The van der Waals surface area contributed by atoms with Gasteiger partial charge in [-0.05, 0) is 9.13 Å². The van der Waals surface area contributed by atoms with Gasteiger partial charge in [-0.3, -0.25) is 0 Å². The highest BCUT2D eigenvalue weighted by atomic mass is 31.1. The highest BCUT2D eigenvalue weighted by Crippen LogP contribution is 1.66. The Morgan fingerprint density at radius 3 is 1.00 bits per heavy atom. The molecule has 0 spiro atoms. The first-order chi connectivity index (χ1) is 3.83. The van der Waals surface area contributed by atoms with E-state index in [1.807, 2.05) is 0 Å². The number of hydrogen-bond acceptors (Lipinski definition) is 3. The van der Waals surface area contributed by atoms with Gasteiger partial charge >= 0.3 is 17.4 Å². The van der Waals surface area contributed by atoms with E-state index in [9.17, 15) is 0 Å². The summed E-state index contributed by atoms with van der Waals surface area (Å²) >= 11 is 0. The first-order valence-electron chi connectivity index (χ1n) is 1.30. The van der Waals surface area contributed by atoms with Crippen molar-refractivity contribution in [3.63, 3.8) is 0 Å². The van der Waals surface area contributed by atoms with Crippen molar-refractivity contribution in [2.75, 3.05) is 7.11 Å². The molecule has 0 saturated heterocycles. The van der Waals surface area contributed by atoms with Crippen LogP contribution < -0.4 is 0 Å². The van der Waals surface area contributed by atoms with Crippen molar-refractivity contribution in [2.24, 2.45) is 0 Å². The fraction of sp³-hybridized carbons (Fsp3) is 1.00. The van der Waals surface area contributed by atoms with Crippen molar-refractivity contribution in [1.82, 2.24) is 0 Å². The van der Waals surface area contributed by atoms with Gasteiger partial charge in [0.25, 0.3) is 0 Å². The predicted molar refractivity (Wildman–Crippen MR) is 30.6 cm³/mol. The van der Waals surface area contributed by atoms with Crippen molar-refractivity contribution in [1.29, 1.82) is 0 Å². The Kier molecular flexibility index (Phi) is 119. The van der Waals surface area contributed by atoms with Gasteiger partial charge in [0.15, 0.2) is 0 Å². The monoisotopic (exact) mass is 162 g/mol. The zero-order chi connectivity index (χ0) is 7.41. The molecule has 50 valence electrons. The maximum Gasteiger partial charge on any atom is 0.491 e. The van der Waals surface area contributed by atoms with Gasteiger partial charge in [0, 0.05) is 7.11 Å². The van der Waals surface area contributed by atoms with Crippen LogP contribution in [-0.4, -0.2) is 22.0 Å². The molecule has 3 N–H and O–H groups in total. The summed E-state index contributed by atoms with van der Waals surface area (Å²) in [6.07, 6.45) is 0. The van der Waals surface area contributed by atoms with E-state index in [1.165, 1.54) is 0 Å². The summed E-state index contributed by atoms with van der Waals surface area (Å²) < 4.78 is 17.0. The molecule has 8 heavy (non-hydrogen) atoms. The zero-order valence-electron chi connectivity index (χ0n) is 4.16. The fourth-order valence-corrected chi connectivity index (χ4v) is 0. The Bertz CT molecular complexity index is 31.4. The van der Waals surface area contributed by atoms with Crippen molar-refractivity contribution in [3.05, 3.63) is 0 Å².